The number of piperidine rings is 1. The standard InChI is InChI=1S/C17H21N3OS/c1-13(21)18-11-14-5-7-15(8-6-14)16-12-22-17(19-16)20-9-3-2-4-10-20/h5-8,12H,2-4,9-11H2,1H3,(H,18,21). The molecule has 0 atom stereocenters. The summed E-state index contributed by atoms with van der Waals surface area (Å²) in [5, 5.41) is 6.08. The van der Waals surface area contributed by atoms with Gasteiger partial charge in [0.1, 0.15) is 0 Å². The molecule has 2 aromatic rings. The molecule has 1 N–H and O–H groups in total. The van der Waals surface area contributed by atoms with Gasteiger partial charge in [0.15, 0.2) is 5.13 Å². The minimum absolute atomic E-state index is 0.00486. The molecule has 0 radical (unpaired) electrons. The molecule has 1 aromatic carbocycles. The topological polar surface area (TPSA) is 45.2 Å². The number of amides is 1. The molecule has 1 aliphatic heterocycles. The van der Waals surface area contributed by atoms with Crippen LogP contribution in [0, 0.1) is 0 Å². The Kier molecular flexibility index (Phi) is 4.73. The highest BCUT2D eigenvalue weighted by Crippen LogP contribution is 2.29. The van der Waals surface area contributed by atoms with Gasteiger partial charge in [-0.3, -0.25) is 4.79 Å². The minimum Gasteiger partial charge on any atom is -0.352 e. The highest BCUT2D eigenvalue weighted by atomic mass is 32.1. The van der Waals surface area contributed by atoms with Crippen molar-refractivity contribution in [3.8, 4) is 11.3 Å². The van der Waals surface area contributed by atoms with E-state index in [0.29, 0.717) is 6.54 Å². The number of carbonyl (C=O) groups excluding carboxylic acids is 1. The lowest BCUT2D eigenvalue weighted by molar-refractivity contribution is -0.119. The van der Waals surface area contributed by atoms with Crippen LogP contribution in [0.4, 0.5) is 5.13 Å². The summed E-state index contributed by atoms with van der Waals surface area (Å²) in [6, 6.07) is 8.24. The second-order valence-corrected chi connectivity index (χ2v) is 6.51. The zero-order valence-electron chi connectivity index (χ0n) is 12.8. The molecule has 0 aliphatic carbocycles. The molecular weight excluding hydrogens is 294 g/mol. The van der Waals surface area contributed by atoms with Crippen molar-refractivity contribution in [2.24, 2.45) is 0 Å². The van der Waals surface area contributed by atoms with Crippen molar-refractivity contribution in [2.75, 3.05) is 18.0 Å². The van der Waals surface area contributed by atoms with Gasteiger partial charge in [-0.15, -0.1) is 11.3 Å². The zero-order valence-corrected chi connectivity index (χ0v) is 13.7. The molecule has 4 nitrogen and oxygen atoms in total. The lowest BCUT2D eigenvalue weighted by Gasteiger charge is -2.25. The Balaban J connectivity index is 1.68. The average Bonchev–Trinajstić information content (AvgIpc) is 3.04. The fourth-order valence-corrected chi connectivity index (χ4v) is 3.54. The quantitative estimate of drug-likeness (QED) is 0.940. The summed E-state index contributed by atoms with van der Waals surface area (Å²) in [6.07, 6.45) is 3.88. The van der Waals surface area contributed by atoms with Crippen LogP contribution < -0.4 is 10.2 Å². The van der Waals surface area contributed by atoms with Gasteiger partial charge in [0.2, 0.25) is 5.91 Å². The van der Waals surface area contributed by atoms with Crippen LogP contribution in [0.15, 0.2) is 29.6 Å². The summed E-state index contributed by atoms with van der Waals surface area (Å²) < 4.78 is 0. The Hall–Kier alpha value is -1.88. The number of hydrogen-bond acceptors (Lipinski definition) is 4. The third-order valence-corrected chi connectivity index (χ3v) is 4.81. The highest BCUT2D eigenvalue weighted by Gasteiger charge is 2.14. The van der Waals surface area contributed by atoms with E-state index in [1.165, 1.54) is 26.2 Å². The largest absolute Gasteiger partial charge is 0.352 e. The number of nitrogens with zero attached hydrogens (tertiary/aromatic N) is 2. The molecule has 116 valence electrons. The van der Waals surface area contributed by atoms with Gasteiger partial charge < -0.3 is 10.2 Å². The van der Waals surface area contributed by atoms with Crippen LogP contribution >= 0.6 is 11.3 Å². The molecule has 5 heteroatoms. The lowest BCUT2D eigenvalue weighted by atomic mass is 10.1. The van der Waals surface area contributed by atoms with Crippen molar-refractivity contribution >= 4 is 22.4 Å². The summed E-state index contributed by atoms with van der Waals surface area (Å²) >= 11 is 1.73. The number of nitrogens with one attached hydrogen (secondary N) is 1. The van der Waals surface area contributed by atoms with Gasteiger partial charge in [0.05, 0.1) is 5.69 Å². The fraction of sp³-hybridized carbons (Fsp3) is 0.412. The first-order chi connectivity index (χ1) is 10.7. The molecule has 2 heterocycles. The van der Waals surface area contributed by atoms with E-state index in [1.807, 2.05) is 12.1 Å². The van der Waals surface area contributed by atoms with Gasteiger partial charge in [-0.2, -0.15) is 0 Å². The van der Waals surface area contributed by atoms with Gasteiger partial charge in [-0.1, -0.05) is 24.3 Å². The van der Waals surface area contributed by atoms with E-state index in [4.69, 9.17) is 4.98 Å². The van der Waals surface area contributed by atoms with Crippen LogP contribution in [0.2, 0.25) is 0 Å². The van der Waals surface area contributed by atoms with Gasteiger partial charge in [0, 0.05) is 37.5 Å². The van der Waals surface area contributed by atoms with E-state index in [2.05, 4.69) is 27.7 Å². The highest BCUT2D eigenvalue weighted by molar-refractivity contribution is 7.14. The van der Waals surface area contributed by atoms with Crippen molar-refractivity contribution < 1.29 is 4.79 Å². The number of thiazole rings is 1. The summed E-state index contributed by atoms with van der Waals surface area (Å²) in [4.78, 5) is 18.1. The molecule has 1 aliphatic rings. The lowest BCUT2D eigenvalue weighted by Crippen LogP contribution is -2.29. The predicted octanol–water partition coefficient (Wildman–Crippen LogP) is 3.44. The number of hydrogen-bond donors (Lipinski definition) is 1. The molecule has 1 aromatic heterocycles. The molecule has 0 unspecified atom stereocenters. The number of benzene rings is 1. The van der Waals surface area contributed by atoms with Gasteiger partial charge >= 0.3 is 0 Å². The zero-order chi connectivity index (χ0) is 15.4. The van der Waals surface area contributed by atoms with E-state index in [1.54, 1.807) is 11.3 Å². The summed E-state index contributed by atoms with van der Waals surface area (Å²) in [5.41, 5.74) is 3.27. The van der Waals surface area contributed by atoms with Crippen molar-refractivity contribution in [1.29, 1.82) is 0 Å². The number of anilines is 1. The average molecular weight is 315 g/mol. The summed E-state index contributed by atoms with van der Waals surface area (Å²) in [5.74, 6) is -0.00486. The minimum atomic E-state index is -0.00486. The van der Waals surface area contributed by atoms with Crippen molar-refractivity contribution in [3.63, 3.8) is 0 Å². The van der Waals surface area contributed by atoms with Crippen molar-refractivity contribution in [2.45, 2.75) is 32.7 Å². The molecule has 0 spiro atoms. The second kappa shape index (κ2) is 6.92. The molecule has 1 saturated heterocycles. The first kappa shape index (κ1) is 15.0. The Morgan fingerprint density at radius 3 is 2.64 bits per heavy atom. The maximum absolute atomic E-state index is 10.9. The first-order valence-corrected chi connectivity index (χ1v) is 8.64. The van der Waals surface area contributed by atoms with Gasteiger partial charge in [0.25, 0.3) is 0 Å². The number of aromatic nitrogens is 1. The van der Waals surface area contributed by atoms with Crippen molar-refractivity contribution in [3.05, 3.63) is 35.2 Å². The molecule has 0 bridgehead atoms. The third kappa shape index (κ3) is 3.65. The summed E-state index contributed by atoms with van der Waals surface area (Å²) in [7, 11) is 0. The van der Waals surface area contributed by atoms with Crippen LogP contribution in [-0.2, 0) is 11.3 Å². The number of carbonyl (C=O) groups is 1. The van der Waals surface area contributed by atoms with E-state index in [9.17, 15) is 4.79 Å². The SMILES string of the molecule is CC(=O)NCc1ccc(-c2csc(N3CCCCC3)n2)cc1. The van der Waals surface area contributed by atoms with E-state index < -0.39 is 0 Å². The van der Waals surface area contributed by atoms with E-state index in [-0.39, 0.29) is 5.91 Å². The van der Waals surface area contributed by atoms with Crippen molar-refractivity contribution in [1.82, 2.24) is 10.3 Å². The smallest absolute Gasteiger partial charge is 0.217 e. The fourth-order valence-electron chi connectivity index (χ4n) is 2.65. The van der Waals surface area contributed by atoms with Crippen LogP contribution in [0.1, 0.15) is 31.7 Å². The monoisotopic (exact) mass is 315 g/mol. The van der Waals surface area contributed by atoms with Crippen LogP contribution in [0.25, 0.3) is 11.3 Å². The molecule has 3 rings (SSSR count). The van der Waals surface area contributed by atoms with Crippen LogP contribution in [0.3, 0.4) is 0 Å². The van der Waals surface area contributed by atoms with E-state index >= 15 is 0 Å². The first-order valence-electron chi connectivity index (χ1n) is 7.76. The normalized spacial score (nSPS) is 14.9. The molecule has 1 fully saturated rings. The maximum atomic E-state index is 10.9. The van der Waals surface area contributed by atoms with Crippen LogP contribution in [-0.4, -0.2) is 24.0 Å². The number of rotatable bonds is 4. The van der Waals surface area contributed by atoms with Gasteiger partial charge in [-0.25, -0.2) is 4.98 Å². The molecule has 1 amide bonds. The van der Waals surface area contributed by atoms with Gasteiger partial charge in [-0.05, 0) is 24.8 Å². The molecule has 22 heavy (non-hydrogen) atoms. The second-order valence-electron chi connectivity index (χ2n) is 5.67. The third-order valence-electron chi connectivity index (χ3n) is 3.91. The summed E-state index contributed by atoms with van der Waals surface area (Å²) in [6.45, 7) is 4.36. The Morgan fingerprint density at radius 1 is 1.23 bits per heavy atom. The maximum Gasteiger partial charge on any atom is 0.217 e. The Bertz CT molecular complexity index is 630. The van der Waals surface area contributed by atoms with E-state index in [0.717, 1.165) is 35.0 Å². The molecular formula is C17H21N3OS. The molecule has 0 saturated carbocycles. The Labute approximate surface area is 135 Å². The predicted molar refractivity (Wildman–Crippen MR) is 91.1 cm³/mol. The Morgan fingerprint density at radius 2 is 1.95 bits per heavy atom. The van der Waals surface area contributed by atoms with Crippen LogP contribution in [0.5, 0.6) is 0 Å².